The summed E-state index contributed by atoms with van der Waals surface area (Å²) < 4.78 is 10.7. The molecule has 0 fully saturated rings. The number of hydrogen-bond acceptors (Lipinski definition) is 4. The number of rotatable bonds is 8. The first-order chi connectivity index (χ1) is 9.74. The zero-order chi connectivity index (χ0) is 14.2. The van der Waals surface area contributed by atoms with Gasteiger partial charge in [-0.1, -0.05) is 17.7 Å². The molecule has 1 aromatic heterocycles. The van der Waals surface area contributed by atoms with Crippen LogP contribution in [-0.4, -0.2) is 30.9 Å². The van der Waals surface area contributed by atoms with Crippen LogP contribution in [-0.2, 0) is 6.42 Å². The second-order valence-corrected chi connectivity index (χ2v) is 4.81. The van der Waals surface area contributed by atoms with E-state index in [-0.39, 0.29) is 6.61 Å². The summed E-state index contributed by atoms with van der Waals surface area (Å²) in [4.78, 5) is 0. The molecule has 1 atom stereocenters. The van der Waals surface area contributed by atoms with E-state index in [0.29, 0.717) is 6.54 Å². The predicted octanol–water partition coefficient (Wildman–Crippen LogP) is 2.16. The van der Waals surface area contributed by atoms with Gasteiger partial charge >= 0.3 is 0 Å². The van der Waals surface area contributed by atoms with Gasteiger partial charge in [0, 0.05) is 19.5 Å². The fourth-order valence-corrected chi connectivity index (χ4v) is 1.82. The Balaban J connectivity index is 1.58. The summed E-state index contributed by atoms with van der Waals surface area (Å²) in [7, 11) is 0. The van der Waals surface area contributed by atoms with Gasteiger partial charge in [0.05, 0.1) is 6.26 Å². The maximum atomic E-state index is 9.81. The lowest BCUT2D eigenvalue weighted by Crippen LogP contribution is -2.32. The van der Waals surface area contributed by atoms with E-state index in [1.54, 1.807) is 6.26 Å². The number of aliphatic hydroxyl groups excluding tert-OH is 1. The minimum Gasteiger partial charge on any atom is -0.491 e. The Bertz CT molecular complexity index is 479. The molecule has 20 heavy (non-hydrogen) atoms. The smallest absolute Gasteiger partial charge is 0.119 e. The molecule has 0 saturated carbocycles. The minimum absolute atomic E-state index is 0.289. The van der Waals surface area contributed by atoms with Crippen molar-refractivity contribution in [3.05, 3.63) is 54.0 Å². The van der Waals surface area contributed by atoms with E-state index in [1.807, 2.05) is 43.3 Å². The molecule has 0 aliphatic rings. The molecule has 0 aliphatic carbocycles. The quantitative estimate of drug-likeness (QED) is 0.725. The van der Waals surface area contributed by atoms with Crippen molar-refractivity contribution in [2.75, 3.05) is 19.7 Å². The van der Waals surface area contributed by atoms with Gasteiger partial charge in [-0.25, -0.2) is 0 Å². The van der Waals surface area contributed by atoms with Crippen molar-refractivity contribution in [1.82, 2.24) is 5.32 Å². The number of aliphatic hydroxyl groups is 1. The van der Waals surface area contributed by atoms with Crippen LogP contribution in [0.3, 0.4) is 0 Å². The van der Waals surface area contributed by atoms with E-state index >= 15 is 0 Å². The van der Waals surface area contributed by atoms with E-state index in [9.17, 15) is 5.11 Å². The lowest BCUT2D eigenvalue weighted by Gasteiger charge is -2.13. The molecular formula is C16H21NO3. The SMILES string of the molecule is Cc1ccc(OCC(O)CNCCc2ccco2)cc1. The number of hydrogen-bond donors (Lipinski definition) is 2. The first-order valence-corrected chi connectivity index (χ1v) is 6.84. The average Bonchev–Trinajstić information content (AvgIpc) is 2.96. The number of ether oxygens (including phenoxy) is 1. The fourth-order valence-electron chi connectivity index (χ4n) is 1.82. The van der Waals surface area contributed by atoms with Crippen molar-refractivity contribution < 1.29 is 14.3 Å². The lowest BCUT2D eigenvalue weighted by atomic mass is 10.2. The first-order valence-electron chi connectivity index (χ1n) is 6.84. The van der Waals surface area contributed by atoms with Crippen molar-refractivity contribution in [3.63, 3.8) is 0 Å². The molecule has 0 saturated heterocycles. The molecule has 0 aliphatic heterocycles. The Morgan fingerprint density at radius 2 is 2.05 bits per heavy atom. The highest BCUT2D eigenvalue weighted by Gasteiger charge is 2.05. The summed E-state index contributed by atoms with van der Waals surface area (Å²) in [6, 6.07) is 11.6. The van der Waals surface area contributed by atoms with Gasteiger partial charge < -0.3 is 19.6 Å². The van der Waals surface area contributed by atoms with Gasteiger partial charge in [0.2, 0.25) is 0 Å². The molecule has 1 unspecified atom stereocenters. The van der Waals surface area contributed by atoms with Crippen molar-refractivity contribution in [1.29, 1.82) is 0 Å². The van der Waals surface area contributed by atoms with Gasteiger partial charge in [0.25, 0.3) is 0 Å². The second-order valence-electron chi connectivity index (χ2n) is 4.81. The topological polar surface area (TPSA) is 54.6 Å². The third-order valence-corrected chi connectivity index (χ3v) is 2.97. The highest BCUT2D eigenvalue weighted by atomic mass is 16.5. The molecule has 0 amide bonds. The molecule has 0 bridgehead atoms. The van der Waals surface area contributed by atoms with Crippen LogP contribution in [0.5, 0.6) is 5.75 Å². The molecule has 4 heteroatoms. The molecule has 2 rings (SSSR count). The standard InChI is InChI=1S/C16H21NO3/c1-13-4-6-16(7-5-13)20-12-14(18)11-17-9-8-15-3-2-10-19-15/h2-7,10,14,17-18H,8-9,11-12H2,1H3. The summed E-state index contributed by atoms with van der Waals surface area (Å²) in [5, 5.41) is 13.0. The minimum atomic E-state index is -0.520. The molecule has 108 valence electrons. The number of furan rings is 1. The normalized spacial score (nSPS) is 12.3. The van der Waals surface area contributed by atoms with Crippen LogP contribution in [0.15, 0.2) is 47.1 Å². The monoisotopic (exact) mass is 275 g/mol. The van der Waals surface area contributed by atoms with Crippen LogP contribution in [0, 0.1) is 6.92 Å². The van der Waals surface area contributed by atoms with Crippen molar-refractivity contribution in [3.8, 4) is 5.75 Å². The largest absolute Gasteiger partial charge is 0.491 e. The van der Waals surface area contributed by atoms with Crippen LogP contribution in [0.1, 0.15) is 11.3 Å². The molecule has 0 radical (unpaired) electrons. The van der Waals surface area contributed by atoms with Crippen LogP contribution in [0.4, 0.5) is 0 Å². The second kappa shape index (κ2) is 7.72. The molecule has 2 N–H and O–H groups in total. The van der Waals surface area contributed by atoms with Crippen molar-refractivity contribution in [2.45, 2.75) is 19.4 Å². The van der Waals surface area contributed by atoms with E-state index in [1.165, 1.54) is 5.56 Å². The lowest BCUT2D eigenvalue weighted by molar-refractivity contribution is 0.106. The summed E-state index contributed by atoms with van der Waals surface area (Å²) >= 11 is 0. The van der Waals surface area contributed by atoms with E-state index in [0.717, 1.165) is 24.5 Å². The average molecular weight is 275 g/mol. The van der Waals surface area contributed by atoms with Gasteiger partial charge in [-0.05, 0) is 31.2 Å². The van der Waals surface area contributed by atoms with Crippen LogP contribution < -0.4 is 10.1 Å². The summed E-state index contributed by atoms with van der Waals surface area (Å²) in [5.74, 6) is 1.73. The van der Waals surface area contributed by atoms with Gasteiger partial charge in [-0.15, -0.1) is 0 Å². The Morgan fingerprint density at radius 1 is 1.25 bits per heavy atom. The van der Waals surface area contributed by atoms with E-state index in [4.69, 9.17) is 9.15 Å². The van der Waals surface area contributed by atoms with Crippen LogP contribution in [0.25, 0.3) is 0 Å². The Hall–Kier alpha value is -1.78. The molecule has 1 aromatic carbocycles. The van der Waals surface area contributed by atoms with Crippen LogP contribution >= 0.6 is 0 Å². The number of benzene rings is 1. The van der Waals surface area contributed by atoms with E-state index in [2.05, 4.69) is 5.32 Å². The molecule has 4 nitrogen and oxygen atoms in total. The van der Waals surface area contributed by atoms with E-state index < -0.39 is 6.10 Å². The summed E-state index contributed by atoms with van der Waals surface area (Å²) in [6.07, 6.45) is 1.96. The molecular weight excluding hydrogens is 254 g/mol. The van der Waals surface area contributed by atoms with Gasteiger partial charge in [-0.3, -0.25) is 0 Å². The summed E-state index contributed by atoms with van der Waals surface area (Å²) in [5.41, 5.74) is 1.19. The first kappa shape index (κ1) is 14.6. The zero-order valence-electron chi connectivity index (χ0n) is 11.7. The molecule has 2 aromatic rings. The molecule has 1 heterocycles. The highest BCUT2D eigenvalue weighted by Crippen LogP contribution is 2.11. The Labute approximate surface area is 119 Å². The Kier molecular flexibility index (Phi) is 5.65. The van der Waals surface area contributed by atoms with Gasteiger partial charge in [0.1, 0.15) is 24.2 Å². The number of nitrogens with one attached hydrogen (secondary N) is 1. The van der Waals surface area contributed by atoms with Crippen LogP contribution in [0.2, 0.25) is 0 Å². The van der Waals surface area contributed by atoms with Crippen molar-refractivity contribution >= 4 is 0 Å². The summed E-state index contributed by atoms with van der Waals surface area (Å²) in [6.45, 7) is 3.60. The third-order valence-electron chi connectivity index (χ3n) is 2.97. The predicted molar refractivity (Wildman–Crippen MR) is 78.0 cm³/mol. The Morgan fingerprint density at radius 3 is 2.75 bits per heavy atom. The zero-order valence-corrected chi connectivity index (χ0v) is 11.7. The van der Waals surface area contributed by atoms with Crippen molar-refractivity contribution in [2.24, 2.45) is 0 Å². The molecule has 0 spiro atoms. The third kappa shape index (κ3) is 5.07. The fraction of sp³-hybridized carbons (Fsp3) is 0.375. The van der Waals surface area contributed by atoms with Gasteiger partial charge in [0.15, 0.2) is 0 Å². The number of aryl methyl sites for hydroxylation is 1. The maximum Gasteiger partial charge on any atom is 0.119 e. The van der Waals surface area contributed by atoms with Gasteiger partial charge in [-0.2, -0.15) is 0 Å². The maximum absolute atomic E-state index is 9.81. The highest BCUT2D eigenvalue weighted by molar-refractivity contribution is 5.26.